The van der Waals surface area contributed by atoms with E-state index in [0.717, 1.165) is 42.9 Å². The highest BCUT2D eigenvalue weighted by Crippen LogP contribution is 2.27. The van der Waals surface area contributed by atoms with Gasteiger partial charge >= 0.3 is 0 Å². The Bertz CT molecular complexity index is 711. The fourth-order valence-electron chi connectivity index (χ4n) is 3.17. The molecule has 25 heavy (non-hydrogen) atoms. The molecule has 0 atom stereocenters. The number of nitrogens with one attached hydrogen (secondary N) is 1. The molecule has 1 aromatic heterocycles. The van der Waals surface area contributed by atoms with Crippen molar-refractivity contribution in [3.63, 3.8) is 0 Å². The van der Waals surface area contributed by atoms with Gasteiger partial charge in [0.2, 0.25) is 0 Å². The summed E-state index contributed by atoms with van der Waals surface area (Å²) in [4.78, 5) is 4.59. The Morgan fingerprint density at radius 1 is 1.32 bits per heavy atom. The predicted octanol–water partition coefficient (Wildman–Crippen LogP) is 4.53. The summed E-state index contributed by atoms with van der Waals surface area (Å²) in [5, 5.41) is 4.75. The molecule has 2 heterocycles. The molecular formula is C19H24ClN3OS. The van der Waals surface area contributed by atoms with Crippen molar-refractivity contribution in [2.75, 3.05) is 25.5 Å². The first-order valence-electron chi connectivity index (χ1n) is 8.58. The molecule has 6 heteroatoms. The molecule has 2 aromatic rings. The van der Waals surface area contributed by atoms with Gasteiger partial charge < -0.3 is 19.5 Å². The Kier molecular flexibility index (Phi) is 5.99. The highest BCUT2D eigenvalue weighted by Gasteiger charge is 2.26. The average molecular weight is 378 g/mol. The average Bonchev–Trinajstić information content (AvgIpc) is 3.11. The van der Waals surface area contributed by atoms with Crippen molar-refractivity contribution in [2.24, 2.45) is 0 Å². The van der Waals surface area contributed by atoms with Gasteiger partial charge in [0.1, 0.15) is 5.76 Å². The zero-order chi connectivity index (χ0) is 17.8. The van der Waals surface area contributed by atoms with Gasteiger partial charge in [-0.15, -0.1) is 0 Å². The van der Waals surface area contributed by atoms with Crippen LogP contribution in [-0.2, 0) is 6.54 Å². The van der Waals surface area contributed by atoms with Crippen molar-refractivity contribution in [1.29, 1.82) is 0 Å². The minimum atomic E-state index is 0.393. The van der Waals surface area contributed by atoms with Crippen LogP contribution in [0.25, 0.3) is 0 Å². The molecule has 0 aliphatic carbocycles. The summed E-state index contributed by atoms with van der Waals surface area (Å²) in [5.41, 5.74) is 1.88. The van der Waals surface area contributed by atoms with E-state index in [1.54, 1.807) is 6.26 Å². The van der Waals surface area contributed by atoms with Crippen LogP contribution in [0.2, 0.25) is 5.02 Å². The minimum absolute atomic E-state index is 0.393. The quantitative estimate of drug-likeness (QED) is 0.791. The van der Waals surface area contributed by atoms with Gasteiger partial charge in [0.15, 0.2) is 5.11 Å². The second-order valence-corrected chi connectivity index (χ2v) is 7.37. The Morgan fingerprint density at radius 2 is 2.08 bits per heavy atom. The first-order valence-corrected chi connectivity index (χ1v) is 9.37. The number of furan rings is 1. The largest absolute Gasteiger partial charge is 0.467 e. The molecule has 3 rings (SSSR count). The number of benzene rings is 1. The maximum Gasteiger partial charge on any atom is 0.174 e. The first-order chi connectivity index (χ1) is 12.0. The summed E-state index contributed by atoms with van der Waals surface area (Å²) in [6.07, 6.45) is 3.87. The molecule has 0 amide bonds. The van der Waals surface area contributed by atoms with E-state index in [0.29, 0.717) is 22.7 Å². The van der Waals surface area contributed by atoms with Crippen LogP contribution in [-0.4, -0.2) is 41.1 Å². The molecule has 1 fully saturated rings. The molecule has 134 valence electrons. The topological polar surface area (TPSA) is 31.6 Å². The van der Waals surface area contributed by atoms with Crippen LogP contribution in [0.3, 0.4) is 0 Å². The molecule has 1 saturated heterocycles. The molecule has 0 saturated carbocycles. The monoisotopic (exact) mass is 377 g/mol. The SMILES string of the molecule is Cc1cccc(NC(=S)N(Cc2ccco2)C2CCN(C)CC2)c1Cl. The molecule has 0 bridgehead atoms. The van der Waals surface area contributed by atoms with Gasteiger partial charge in [0.05, 0.1) is 23.5 Å². The lowest BCUT2D eigenvalue weighted by Gasteiger charge is -2.38. The molecule has 0 spiro atoms. The molecule has 0 radical (unpaired) electrons. The number of likely N-dealkylation sites (tertiary alicyclic amines) is 1. The summed E-state index contributed by atoms with van der Waals surface area (Å²) in [6, 6.07) is 10.2. The predicted molar refractivity (Wildman–Crippen MR) is 107 cm³/mol. The summed E-state index contributed by atoms with van der Waals surface area (Å²) < 4.78 is 5.55. The van der Waals surface area contributed by atoms with Crippen LogP contribution in [0.5, 0.6) is 0 Å². The lowest BCUT2D eigenvalue weighted by Crippen LogP contribution is -2.47. The third-order valence-corrected chi connectivity index (χ3v) is 5.57. The van der Waals surface area contributed by atoms with Crippen molar-refractivity contribution >= 4 is 34.6 Å². The summed E-state index contributed by atoms with van der Waals surface area (Å²) in [6.45, 7) is 4.81. The van der Waals surface area contributed by atoms with E-state index < -0.39 is 0 Å². The van der Waals surface area contributed by atoms with Crippen molar-refractivity contribution in [1.82, 2.24) is 9.80 Å². The zero-order valence-electron chi connectivity index (χ0n) is 14.7. The van der Waals surface area contributed by atoms with Crippen molar-refractivity contribution in [3.05, 3.63) is 52.9 Å². The molecule has 1 aromatic carbocycles. The summed E-state index contributed by atoms with van der Waals surface area (Å²) >= 11 is 12.2. The van der Waals surface area contributed by atoms with Crippen molar-refractivity contribution < 1.29 is 4.42 Å². The number of thiocarbonyl (C=S) groups is 1. The van der Waals surface area contributed by atoms with E-state index in [1.807, 2.05) is 37.3 Å². The van der Waals surface area contributed by atoms with Gasteiger partial charge in [0, 0.05) is 6.04 Å². The first kappa shape index (κ1) is 18.2. The molecule has 4 nitrogen and oxygen atoms in total. The number of anilines is 1. The number of aryl methyl sites for hydroxylation is 1. The number of hydrogen-bond donors (Lipinski definition) is 1. The Balaban J connectivity index is 1.77. The van der Waals surface area contributed by atoms with Gasteiger partial charge in [0.25, 0.3) is 0 Å². The van der Waals surface area contributed by atoms with E-state index in [1.165, 1.54) is 0 Å². The van der Waals surface area contributed by atoms with Crippen molar-refractivity contribution in [2.45, 2.75) is 32.4 Å². The third kappa shape index (κ3) is 4.54. The van der Waals surface area contributed by atoms with E-state index in [9.17, 15) is 0 Å². The summed E-state index contributed by atoms with van der Waals surface area (Å²) in [5.74, 6) is 0.915. The minimum Gasteiger partial charge on any atom is -0.467 e. The molecule has 1 N–H and O–H groups in total. The number of piperidine rings is 1. The van der Waals surface area contributed by atoms with Crippen LogP contribution in [0.4, 0.5) is 5.69 Å². The van der Waals surface area contributed by atoms with Gasteiger partial charge in [-0.25, -0.2) is 0 Å². The highest BCUT2D eigenvalue weighted by atomic mass is 35.5. The van der Waals surface area contributed by atoms with Gasteiger partial charge in [-0.05, 0) is 75.9 Å². The maximum absolute atomic E-state index is 6.42. The van der Waals surface area contributed by atoms with E-state index >= 15 is 0 Å². The van der Waals surface area contributed by atoms with Crippen LogP contribution in [0, 0.1) is 6.92 Å². The van der Waals surface area contributed by atoms with Crippen LogP contribution in [0.1, 0.15) is 24.2 Å². The van der Waals surface area contributed by atoms with Crippen molar-refractivity contribution in [3.8, 4) is 0 Å². The normalized spacial score (nSPS) is 16.0. The lowest BCUT2D eigenvalue weighted by atomic mass is 10.0. The fourth-order valence-corrected chi connectivity index (χ4v) is 3.67. The Morgan fingerprint density at radius 3 is 2.76 bits per heavy atom. The number of halogens is 1. The second kappa shape index (κ2) is 8.21. The molecular weight excluding hydrogens is 354 g/mol. The van der Waals surface area contributed by atoms with E-state index in [2.05, 4.69) is 22.2 Å². The third-order valence-electron chi connectivity index (χ3n) is 4.73. The Labute approximate surface area is 159 Å². The van der Waals surface area contributed by atoms with E-state index in [-0.39, 0.29) is 0 Å². The maximum atomic E-state index is 6.42. The molecule has 0 unspecified atom stereocenters. The second-order valence-electron chi connectivity index (χ2n) is 6.61. The number of rotatable bonds is 4. The van der Waals surface area contributed by atoms with E-state index in [4.69, 9.17) is 28.2 Å². The highest BCUT2D eigenvalue weighted by molar-refractivity contribution is 7.80. The van der Waals surface area contributed by atoms with Crippen LogP contribution < -0.4 is 5.32 Å². The smallest absolute Gasteiger partial charge is 0.174 e. The summed E-state index contributed by atoms with van der Waals surface area (Å²) in [7, 11) is 2.16. The van der Waals surface area contributed by atoms with Gasteiger partial charge in [-0.3, -0.25) is 0 Å². The standard InChI is InChI=1S/C19H24ClN3OS/c1-14-5-3-7-17(18(14)20)21-19(25)23(13-16-6-4-12-24-16)15-8-10-22(2)11-9-15/h3-7,12,15H,8-11,13H2,1-2H3,(H,21,25). The molecule has 1 aliphatic heterocycles. The van der Waals surface area contributed by atoms with Crippen LogP contribution in [0.15, 0.2) is 41.0 Å². The van der Waals surface area contributed by atoms with Gasteiger partial charge in [-0.2, -0.15) is 0 Å². The zero-order valence-corrected chi connectivity index (χ0v) is 16.2. The van der Waals surface area contributed by atoms with Gasteiger partial charge in [-0.1, -0.05) is 23.7 Å². The molecule has 1 aliphatic rings. The van der Waals surface area contributed by atoms with Crippen LogP contribution >= 0.6 is 23.8 Å². The number of hydrogen-bond acceptors (Lipinski definition) is 3. The number of nitrogens with zero attached hydrogens (tertiary/aromatic N) is 2. The fraction of sp³-hybridized carbons (Fsp3) is 0.421. The lowest BCUT2D eigenvalue weighted by molar-refractivity contribution is 0.168. The Hall–Kier alpha value is -1.56.